The first-order valence-corrected chi connectivity index (χ1v) is 8.42. The van der Waals surface area contributed by atoms with Crippen LogP contribution in [0.15, 0.2) is 30.3 Å². The van der Waals surface area contributed by atoms with E-state index in [2.05, 4.69) is 0 Å². The van der Waals surface area contributed by atoms with Gasteiger partial charge in [0.1, 0.15) is 18.6 Å². The number of halogens is 1. The fourth-order valence-corrected chi connectivity index (χ4v) is 2.84. The highest BCUT2D eigenvalue weighted by Crippen LogP contribution is 2.32. The molecule has 1 heterocycles. The molecule has 0 N–H and O–H groups in total. The summed E-state index contributed by atoms with van der Waals surface area (Å²) >= 11 is 6.08. The molecular formula is C19H17ClO7. The Labute approximate surface area is 160 Å². The second-order valence-corrected chi connectivity index (χ2v) is 6.08. The summed E-state index contributed by atoms with van der Waals surface area (Å²) in [6.07, 6.45) is 0.694. The highest BCUT2D eigenvalue weighted by Gasteiger charge is 2.18. The molecule has 0 radical (unpaired) electrons. The Morgan fingerprint density at radius 3 is 2.89 bits per heavy atom. The minimum atomic E-state index is -0.572. The van der Waals surface area contributed by atoms with E-state index in [4.69, 9.17) is 35.3 Å². The van der Waals surface area contributed by atoms with Gasteiger partial charge >= 0.3 is 5.97 Å². The van der Waals surface area contributed by atoms with Crippen molar-refractivity contribution in [3.63, 3.8) is 0 Å². The van der Waals surface area contributed by atoms with E-state index in [1.165, 1.54) is 13.2 Å². The number of esters is 1. The van der Waals surface area contributed by atoms with Crippen molar-refractivity contribution in [3.8, 4) is 17.2 Å². The summed E-state index contributed by atoms with van der Waals surface area (Å²) in [5.41, 5.74) is 1.90. The number of hydrogen-bond acceptors (Lipinski definition) is 7. The molecule has 142 valence electrons. The van der Waals surface area contributed by atoms with E-state index in [-0.39, 0.29) is 20.0 Å². The minimum Gasteiger partial charge on any atom is -0.493 e. The maximum absolute atomic E-state index is 12.0. The highest BCUT2D eigenvalue weighted by molar-refractivity contribution is 6.30. The van der Waals surface area contributed by atoms with Crippen molar-refractivity contribution < 1.29 is 33.3 Å². The molecule has 0 atom stereocenters. The molecule has 0 saturated carbocycles. The Hall–Kier alpha value is -2.77. The molecule has 0 aromatic heterocycles. The summed E-state index contributed by atoms with van der Waals surface area (Å²) < 4.78 is 26.5. The van der Waals surface area contributed by atoms with E-state index in [1.807, 2.05) is 0 Å². The van der Waals surface area contributed by atoms with Gasteiger partial charge in [-0.1, -0.05) is 11.6 Å². The monoisotopic (exact) mass is 392 g/mol. The average Bonchev–Trinajstić information content (AvgIpc) is 2.70. The predicted octanol–water partition coefficient (Wildman–Crippen LogP) is 3.15. The van der Waals surface area contributed by atoms with Crippen LogP contribution in [0.5, 0.6) is 17.2 Å². The molecule has 8 heteroatoms. The predicted molar refractivity (Wildman–Crippen MR) is 95.4 cm³/mol. The first-order chi connectivity index (χ1) is 13.1. The van der Waals surface area contributed by atoms with E-state index in [9.17, 15) is 9.59 Å². The Kier molecular flexibility index (Phi) is 6.16. The van der Waals surface area contributed by atoms with Crippen molar-refractivity contribution in [2.45, 2.75) is 13.2 Å². The molecule has 1 aliphatic heterocycles. The molecular weight excluding hydrogens is 376 g/mol. The van der Waals surface area contributed by atoms with Crippen molar-refractivity contribution in [1.82, 2.24) is 0 Å². The van der Waals surface area contributed by atoms with E-state index < -0.39 is 5.97 Å². The lowest BCUT2D eigenvalue weighted by Crippen LogP contribution is -2.17. The van der Waals surface area contributed by atoms with Gasteiger partial charge in [-0.2, -0.15) is 0 Å². The highest BCUT2D eigenvalue weighted by atomic mass is 35.5. The smallest absolute Gasteiger partial charge is 0.344 e. The van der Waals surface area contributed by atoms with Crippen LogP contribution in [0.4, 0.5) is 0 Å². The quantitative estimate of drug-likeness (QED) is 0.529. The van der Waals surface area contributed by atoms with Crippen LogP contribution in [0.25, 0.3) is 0 Å². The van der Waals surface area contributed by atoms with Crippen LogP contribution >= 0.6 is 11.6 Å². The van der Waals surface area contributed by atoms with Crippen molar-refractivity contribution in [3.05, 3.63) is 52.0 Å². The van der Waals surface area contributed by atoms with Gasteiger partial charge in [0.25, 0.3) is 0 Å². The molecule has 0 amide bonds. The summed E-state index contributed by atoms with van der Waals surface area (Å²) in [6.45, 7) is 0.196. The Balaban J connectivity index is 1.59. The van der Waals surface area contributed by atoms with E-state index in [1.54, 1.807) is 24.3 Å². The molecule has 3 rings (SSSR count). The van der Waals surface area contributed by atoms with Crippen LogP contribution in [0.3, 0.4) is 0 Å². The van der Waals surface area contributed by atoms with Gasteiger partial charge in [-0.25, -0.2) is 4.79 Å². The van der Waals surface area contributed by atoms with Gasteiger partial charge in [0.15, 0.2) is 24.9 Å². The summed E-state index contributed by atoms with van der Waals surface area (Å²) in [7, 11) is 1.45. The van der Waals surface area contributed by atoms with E-state index in [0.29, 0.717) is 46.3 Å². The van der Waals surface area contributed by atoms with Gasteiger partial charge in [0.05, 0.1) is 13.7 Å². The maximum Gasteiger partial charge on any atom is 0.344 e. The topological polar surface area (TPSA) is 80.3 Å². The number of methoxy groups -OCH3 is 1. The number of ether oxygens (including phenoxy) is 5. The average molecular weight is 393 g/mol. The van der Waals surface area contributed by atoms with Gasteiger partial charge in [-0.15, -0.1) is 0 Å². The number of rotatable bonds is 7. The van der Waals surface area contributed by atoms with Gasteiger partial charge in [-0.05, 0) is 30.3 Å². The van der Waals surface area contributed by atoms with E-state index >= 15 is 0 Å². The molecule has 2 aromatic rings. The SMILES string of the molecule is COc1cc(C=O)ccc1OCC(=O)OCc1cc(Cl)cc2c1OCOC2. The number of fused-ring (bicyclic) bond motifs is 1. The first kappa shape index (κ1) is 19.0. The maximum atomic E-state index is 12.0. The first-order valence-electron chi connectivity index (χ1n) is 8.04. The van der Waals surface area contributed by atoms with Crippen LogP contribution in [0.2, 0.25) is 5.02 Å². The van der Waals surface area contributed by atoms with Gasteiger partial charge < -0.3 is 23.7 Å². The number of hydrogen-bond donors (Lipinski definition) is 0. The van der Waals surface area contributed by atoms with Crippen LogP contribution in [0.1, 0.15) is 21.5 Å². The lowest BCUT2D eigenvalue weighted by molar-refractivity contribution is -0.147. The molecule has 2 aromatic carbocycles. The van der Waals surface area contributed by atoms with Crippen molar-refractivity contribution in [1.29, 1.82) is 0 Å². The summed E-state index contributed by atoms with van der Waals surface area (Å²) in [6, 6.07) is 8.07. The Bertz CT molecular complexity index is 850. The number of benzene rings is 2. The summed E-state index contributed by atoms with van der Waals surface area (Å²) in [5, 5.41) is 0.505. The lowest BCUT2D eigenvalue weighted by atomic mass is 10.1. The van der Waals surface area contributed by atoms with Gasteiger partial charge in [0, 0.05) is 21.7 Å². The molecule has 0 fully saturated rings. The second-order valence-electron chi connectivity index (χ2n) is 5.64. The zero-order chi connectivity index (χ0) is 19.2. The zero-order valence-corrected chi connectivity index (χ0v) is 15.3. The molecule has 0 unspecified atom stereocenters. The van der Waals surface area contributed by atoms with Gasteiger partial charge in [-0.3, -0.25) is 4.79 Å². The van der Waals surface area contributed by atoms with Crippen molar-refractivity contribution >= 4 is 23.9 Å². The third-order valence-electron chi connectivity index (χ3n) is 3.81. The Morgan fingerprint density at radius 1 is 1.26 bits per heavy atom. The van der Waals surface area contributed by atoms with Crippen LogP contribution in [-0.2, 0) is 27.5 Å². The van der Waals surface area contributed by atoms with Crippen molar-refractivity contribution in [2.75, 3.05) is 20.5 Å². The van der Waals surface area contributed by atoms with E-state index in [0.717, 1.165) is 5.56 Å². The molecule has 7 nitrogen and oxygen atoms in total. The summed E-state index contributed by atoms with van der Waals surface area (Å²) in [5.74, 6) is 0.730. The largest absolute Gasteiger partial charge is 0.493 e. The third kappa shape index (κ3) is 4.69. The van der Waals surface area contributed by atoms with Crippen LogP contribution in [-0.4, -0.2) is 32.8 Å². The minimum absolute atomic E-state index is 0.00764. The Morgan fingerprint density at radius 2 is 2.11 bits per heavy atom. The second kappa shape index (κ2) is 8.75. The fourth-order valence-electron chi connectivity index (χ4n) is 2.58. The summed E-state index contributed by atoms with van der Waals surface area (Å²) in [4.78, 5) is 22.8. The zero-order valence-electron chi connectivity index (χ0n) is 14.5. The molecule has 27 heavy (non-hydrogen) atoms. The molecule has 0 saturated heterocycles. The lowest BCUT2D eigenvalue weighted by Gasteiger charge is -2.21. The molecule has 0 bridgehead atoms. The third-order valence-corrected chi connectivity index (χ3v) is 4.03. The molecule has 0 spiro atoms. The van der Waals surface area contributed by atoms with Crippen LogP contribution in [0, 0.1) is 0 Å². The molecule has 1 aliphatic rings. The molecule has 0 aliphatic carbocycles. The normalized spacial score (nSPS) is 12.5. The van der Waals surface area contributed by atoms with Gasteiger partial charge in [0.2, 0.25) is 0 Å². The number of aldehydes is 1. The van der Waals surface area contributed by atoms with Crippen LogP contribution < -0.4 is 14.2 Å². The standard InChI is InChI=1S/C19H17ClO7/c1-23-17-4-12(7-21)2-3-16(17)25-10-18(22)26-9-14-6-15(20)5-13-8-24-11-27-19(13)14/h2-7H,8-11H2,1H3. The van der Waals surface area contributed by atoms with Crippen molar-refractivity contribution in [2.24, 2.45) is 0 Å². The fraction of sp³-hybridized carbons (Fsp3) is 0.263. The number of carbonyl (C=O) groups excluding carboxylic acids is 2. The number of carbonyl (C=O) groups is 2.